The van der Waals surface area contributed by atoms with Gasteiger partial charge in [-0.25, -0.2) is 0 Å². The molecule has 0 bridgehead atoms. The van der Waals surface area contributed by atoms with Crippen molar-refractivity contribution in [1.29, 1.82) is 5.41 Å². The Morgan fingerprint density at radius 1 is 1.11 bits per heavy atom. The lowest BCUT2D eigenvalue weighted by atomic mass is 9.90. The lowest BCUT2D eigenvalue weighted by Crippen LogP contribution is -2.22. The minimum Gasteiger partial charge on any atom is -0.387 e. The first-order valence-corrected chi connectivity index (χ1v) is 6.11. The van der Waals surface area contributed by atoms with Crippen LogP contribution >= 0.6 is 0 Å². The highest BCUT2D eigenvalue weighted by atomic mass is 14.7. The highest BCUT2D eigenvalue weighted by molar-refractivity contribution is 5.84. The van der Waals surface area contributed by atoms with Gasteiger partial charge in [-0.05, 0) is 24.5 Å². The van der Waals surface area contributed by atoms with Gasteiger partial charge in [0.15, 0.2) is 0 Å². The van der Waals surface area contributed by atoms with E-state index in [1.165, 1.54) is 11.1 Å². The molecule has 0 aliphatic carbocycles. The van der Waals surface area contributed by atoms with Gasteiger partial charge in [0.2, 0.25) is 0 Å². The molecule has 1 unspecified atom stereocenters. The molecule has 1 atom stereocenters. The number of hydrogen-bond donors (Lipinski definition) is 2. The number of hydrogen-bond acceptors (Lipinski definition) is 1. The average Bonchev–Trinajstić information content (AvgIpc) is 2.37. The number of benzene rings is 2. The van der Waals surface area contributed by atoms with Crippen molar-refractivity contribution in [1.82, 2.24) is 0 Å². The van der Waals surface area contributed by atoms with Crippen molar-refractivity contribution in [2.24, 2.45) is 5.73 Å². The molecule has 2 rings (SSSR count). The molecule has 0 aromatic heterocycles. The third-order valence-corrected chi connectivity index (χ3v) is 3.10. The van der Waals surface area contributed by atoms with Crippen LogP contribution in [0.15, 0.2) is 54.6 Å². The summed E-state index contributed by atoms with van der Waals surface area (Å²) in [5.41, 5.74) is 9.28. The fourth-order valence-electron chi connectivity index (χ4n) is 2.14. The maximum atomic E-state index is 7.79. The van der Waals surface area contributed by atoms with E-state index in [2.05, 4.69) is 31.2 Å². The summed E-state index contributed by atoms with van der Waals surface area (Å²) in [6.07, 6.45) is 0.777. The molecule has 0 amide bonds. The zero-order chi connectivity index (χ0) is 13.0. The summed E-state index contributed by atoms with van der Waals surface area (Å²) in [6.45, 7) is 2.06. The second-order valence-electron chi connectivity index (χ2n) is 4.61. The molecule has 0 aliphatic rings. The molecule has 3 N–H and O–H groups in total. The van der Waals surface area contributed by atoms with Gasteiger partial charge in [-0.15, -0.1) is 0 Å². The SMILES string of the molecule is Cc1cccc(C(Cc2ccccc2)C(=N)N)c1. The average molecular weight is 238 g/mol. The van der Waals surface area contributed by atoms with Crippen molar-refractivity contribution in [3.8, 4) is 0 Å². The van der Waals surface area contributed by atoms with Gasteiger partial charge in [-0.2, -0.15) is 0 Å². The van der Waals surface area contributed by atoms with E-state index in [0.717, 1.165) is 12.0 Å². The van der Waals surface area contributed by atoms with Gasteiger partial charge in [-0.3, -0.25) is 5.41 Å². The summed E-state index contributed by atoms with van der Waals surface area (Å²) in [5, 5.41) is 7.79. The van der Waals surface area contributed by atoms with Gasteiger partial charge in [-0.1, -0.05) is 60.2 Å². The molecular formula is C16H18N2. The number of nitrogens with two attached hydrogens (primary N) is 1. The molecule has 92 valence electrons. The number of nitrogens with one attached hydrogen (secondary N) is 1. The molecular weight excluding hydrogens is 220 g/mol. The van der Waals surface area contributed by atoms with Crippen LogP contribution in [0.25, 0.3) is 0 Å². The number of aryl methyl sites for hydroxylation is 1. The Hall–Kier alpha value is -2.09. The monoisotopic (exact) mass is 238 g/mol. The topological polar surface area (TPSA) is 49.9 Å². The third kappa shape index (κ3) is 2.98. The van der Waals surface area contributed by atoms with E-state index in [4.69, 9.17) is 11.1 Å². The predicted octanol–water partition coefficient (Wildman–Crippen LogP) is 3.26. The number of rotatable bonds is 4. The summed E-state index contributed by atoms with van der Waals surface area (Å²) in [4.78, 5) is 0. The van der Waals surface area contributed by atoms with Crippen molar-refractivity contribution < 1.29 is 0 Å². The van der Waals surface area contributed by atoms with Crippen LogP contribution in [-0.4, -0.2) is 5.84 Å². The highest BCUT2D eigenvalue weighted by Gasteiger charge is 2.15. The van der Waals surface area contributed by atoms with Gasteiger partial charge in [0.1, 0.15) is 0 Å². The molecule has 0 saturated heterocycles. The molecule has 0 saturated carbocycles. The second-order valence-corrected chi connectivity index (χ2v) is 4.61. The summed E-state index contributed by atoms with van der Waals surface area (Å²) in [7, 11) is 0. The molecule has 0 fully saturated rings. The quantitative estimate of drug-likeness (QED) is 0.623. The fourth-order valence-corrected chi connectivity index (χ4v) is 2.14. The second kappa shape index (κ2) is 5.50. The van der Waals surface area contributed by atoms with Crippen molar-refractivity contribution in [3.63, 3.8) is 0 Å². The molecule has 2 aromatic carbocycles. The smallest absolute Gasteiger partial charge is 0.0985 e. The highest BCUT2D eigenvalue weighted by Crippen LogP contribution is 2.21. The van der Waals surface area contributed by atoms with E-state index < -0.39 is 0 Å². The molecule has 2 heteroatoms. The van der Waals surface area contributed by atoms with E-state index in [1.54, 1.807) is 0 Å². The van der Waals surface area contributed by atoms with Gasteiger partial charge in [0.25, 0.3) is 0 Å². The summed E-state index contributed by atoms with van der Waals surface area (Å²) >= 11 is 0. The Morgan fingerprint density at radius 3 is 2.44 bits per heavy atom. The summed E-state index contributed by atoms with van der Waals surface area (Å²) in [5.74, 6) is 0.191. The maximum Gasteiger partial charge on any atom is 0.0985 e. The van der Waals surface area contributed by atoms with E-state index in [1.807, 2.05) is 30.3 Å². The van der Waals surface area contributed by atoms with Crippen LogP contribution in [0.4, 0.5) is 0 Å². The Bertz CT molecular complexity index is 532. The lowest BCUT2D eigenvalue weighted by molar-refractivity contribution is 0.860. The number of amidine groups is 1. The van der Waals surface area contributed by atoms with E-state index in [-0.39, 0.29) is 11.8 Å². The van der Waals surface area contributed by atoms with E-state index >= 15 is 0 Å². The van der Waals surface area contributed by atoms with Crippen LogP contribution in [0.2, 0.25) is 0 Å². The van der Waals surface area contributed by atoms with Gasteiger partial charge >= 0.3 is 0 Å². The largest absolute Gasteiger partial charge is 0.387 e. The molecule has 18 heavy (non-hydrogen) atoms. The maximum absolute atomic E-state index is 7.79. The van der Waals surface area contributed by atoms with Crippen molar-refractivity contribution >= 4 is 5.84 Å². The molecule has 0 radical (unpaired) electrons. The van der Waals surface area contributed by atoms with Crippen LogP contribution in [-0.2, 0) is 6.42 Å². The zero-order valence-electron chi connectivity index (χ0n) is 10.6. The predicted molar refractivity (Wildman–Crippen MR) is 76.0 cm³/mol. The van der Waals surface area contributed by atoms with E-state index in [9.17, 15) is 0 Å². The summed E-state index contributed by atoms with van der Waals surface area (Å²) < 4.78 is 0. The van der Waals surface area contributed by atoms with Crippen LogP contribution in [0.1, 0.15) is 22.6 Å². The Kier molecular flexibility index (Phi) is 3.78. The molecule has 0 heterocycles. The first-order valence-electron chi connectivity index (χ1n) is 6.11. The summed E-state index contributed by atoms with van der Waals surface area (Å²) in [6, 6.07) is 18.4. The Morgan fingerprint density at radius 2 is 1.83 bits per heavy atom. The molecule has 0 aliphatic heterocycles. The first-order chi connectivity index (χ1) is 8.66. The standard InChI is InChI=1S/C16H18N2/c1-12-6-5-9-14(10-12)15(16(17)18)11-13-7-3-2-4-8-13/h2-10,15H,11H2,1H3,(H3,17,18). The van der Waals surface area contributed by atoms with Gasteiger partial charge in [0, 0.05) is 5.92 Å². The molecule has 0 spiro atoms. The minimum atomic E-state index is -0.0349. The van der Waals surface area contributed by atoms with Gasteiger partial charge < -0.3 is 5.73 Å². The van der Waals surface area contributed by atoms with Crippen LogP contribution in [0.3, 0.4) is 0 Å². The molecule has 2 aromatic rings. The van der Waals surface area contributed by atoms with Crippen molar-refractivity contribution in [2.45, 2.75) is 19.3 Å². The first kappa shape index (κ1) is 12.4. The van der Waals surface area contributed by atoms with E-state index in [0.29, 0.717) is 0 Å². The fraction of sp³-hybridized carbons (Fsp3) is 0.188. The zero-order valence-corrected chi connectivity index (χ0v) is 10.6. The van der Waals surface area contributed by atoms with Crippen LogP contribution in [0.5, 0.6) is 0 Å². The van der Waals surface area contributed by atoms with Crippen molar-refractivity contribution in [3.05, 3.63) is 71.3 Å². The Balaban J connectivity index is 2.27. The van der Waals surface area contributed by atoms with Crippen molar-refractivity contribution in [2.75, 3.05) is 0 Å². The Labute approximate surface area is 108 Å². The lowest BCUT2D eigenvalue weighted by Gasteiger charge is -2.16. The third-order valence-electron chi connectivity index (χ3n) is 3.10. The normalized spacial score (nSPS) is 12.1. The van der Waals surface area contributed by atoms with Gasteiger partial charge in [0.05, 0.1) is 5.84 Å². The van der Waals surface area contributed by atoms with Crippen LogP contribution < -0.4 is 5.73 Å². The molecule has 2 nitrogen and oxygen atoms in total. The van der Waals surface area contributed by atoms with Crippen LogP contribution in [0, 0.1) is 12.3 Å². The minimum absolute atomic E-state index is 0.0349.